The Labute approximate surface area is 156 Å². The van der Waals surface area contributed by atoms with Gasteiger partial charge in [-0.25, -0.2) is 0 Å². The number of aliphatic hydroxyl groups excluding tert-OH is 1. The lowest BCUT2D eigenvalue weighted by molar-refractivity contribution is 0.191. The van der Waals surface area contributed by atoms with Gasteiger partial charge in [0.15, 0.2) is 11.5 Å². The van der Waals surface area contributed by atoms with Crippen molar-refractivity contribution >= 4 is 0 Å². The fraction of sp³-hybridized carbons (Fsp3) is 0.429. The van der Waals surface area contributed by atoms with Gasteiger partial charge in [-0.2, -0.15) is 0 Å². The van der Waals surface area contributed by atoms with Crippen LogP contribution in [-0.2, 0) is 13.0 Å². The predicted molar refractivity (Wildman–Crippen MR) is 105 cm³/mol. The number of hydrogen-bond donors (Lipinski definition) is 3. The predicted octanol–water partition coefficient (Wildman–Crippen LogP) is 2.38. The van der Waals surface area contributed by atoms with Crippen LogP contribution in [0.4, 0.5) is 0 Å². The molecule has 2 aromatic carbocycles. The van der Waals surface area contributed by atoms with Gasteiger partial charge >= 0.3 is 0 Å². The molecule has 0 aliphatic carbocycles. The number of rotatable bonds is 12. The van der Waals surface area contributed by atoms with E-state index in [1.165, 1.54) is 5.56 Å². The van der Waals surface area contributed by atoms with Gasteiger partial charge in [-0.05, 0) is 30.2 Å². The average Bonchev–Trinajstić information content (AvgIpc) is 2.66. The Morgan fingerprint density at radius 3 is 2.46 bits per heavy atom. The van der Waals surface area contributed by atoms with Crippen LogP contribution < -0.4 is 20.1 Å². The zero-order valence-corrected chi connectivity index (χ0v) is 15.7. The molecule has 142 valence electrons. The highest BCUT2D eigenvalue weighted by atomic mass is 16.5. The standard InChI is InChI=1S/C21H30N2O3/c1-17(24)15-22-11-12-23-16-19-8-9-20(21(14-19)25-2)26-13-10-18-6-4-3-5-7-18/h3-9,14,17,22-24H,10-13,15-16H2,1-2H3/t17-/m1/s1. The third kappa shape index (κ3) is 7.44. The molecule has 3 N–H and O–H groups in total. The number of ether oxygens (including phenoxy) is 2. The summed E-state index contributed by atoms with van der Waals surface area (Å²) in [6.07, 6.45) is 0.556. The number of hydrogen-bond acceptors (Lipinski definition) is 5. The molecule has 0 heterocycles. The minimum absolute atomic E-state index is 0.311. The van der Waals surface area contributed by atoms with Gasteiger partial charge < -0.3 is 25.2 Å². The van der Waals surface area contributed by atoms with Gasteiger partial charge in [0.1, 0.15) is 0 Å². The summed E-state index contributed by atoms with van der Waals surface area (Å²) >= 11 is 0. The van der Waals surface area contributed by atoms with E-state index in [-0.39, 0.29) is 6.10 Å². The van der Waals surface area contributed by atoms with Crippen LogP contribution in [0.1, 0.15) is 18.1 Å². The Balaban J connectivity index is 1.75. The first-order chi connectivity index (χ1) is 12.7. The fourth-order valence-corrected chi connectivity index (χ4v) is 2.59. The van der Waals surface area contributed by atoms with E-state index in [4.69, 9.17) is 9.47 Å². The maximum Gasteiger partial charge on any atom is 0.161 e. The zero-order valence-electron chi connectivity index (χ0n) is 15.7. The summed E-state index contributed by atoms with van der Waals surface area (Å²) in [7, 11) is 1.66. The van der Waals surface area contributed by atoms with Crippen molar-refractivity contribution in [3.8, 4) is 11.5 Å². The third-order valence-electron chi connectivity index (χ3n) is 3.97. The highest BCUT2D eigenvalue weighted by molar-refractivity contribution is 5.43. The Morgan fingerprint density at radius 1 is 0.962 bits per heavy atom. The molecule has 0 fully saturated rings. The quantitative estimate of drug-likeness (QED) is 0.509. The maximum atomic E-state index is 9.19. The van der Waals surface area contributed by atoms with Crippen LogP contribution in [0.2, 0.25) is 0 Å². The van der Waals surface area contributed by atoms with Crippen LogP contribution in [0, 0.1) is 0 Å². The second-order valence-electron chi connectivity index (χ2n) is 6.30. The summed E-state index contributed by atoms with van der Waals surface area (Å²) in [6.45, 7) is 5.43. The molecule has 0 radical (unpaired) electrons. The first kappa shape index (κ1) is 20.2. The molecule has 0 amide bonds. The summed E-state index contributed by atoms with van der Waals surface area (Å²) in [6, 6.07) is 16.3. The lowest BCUT2D eigenvalue weighted by Crippen LogP contribution is -2.31. The zero-order chi connectivity index (χ0) is 18.6. The van der Waals surface area contributed by atoms with Crippen molar-refractivity contribution in [3.63, 3.8) is 0 Å². The Morgan fingerprint density at radius 2 is 1.73 bits per heavy atom. The molecule has 0 aromatic heterocycles. The van der Waals surface area contributed by atoms with E-state index < -0.39 is 0 Å². The van der Waals surface area contributed by atoms with Crippen molar-refractivity contribution in [3.05, 3.63) is 59.7 Å². The molecule has 2 rings (SSSR count). The van der Waals surface area contributed by atoms with E-state index >= 15 is 0 Å². The number of methoxy groups -OCH3 is 1. The first-order valence-electron chi connectivity index (χ1n) is 9.12. The summed E-state index contributed by atoms with van der Waals surface area (Å²) < 4.78 is 11.4. The summed E-state index contributed by atoms with van der Waals surface area (Å²) in [5, 5.41) is 15.7. The molecule has 1 atom stereocenters. The van der Waals surface area contributed by atoms with E-state index in [9.17, 15) is 5.11 Å². The van der Waals surface area contributed by atoms with Crippen LogP contribution in [-0.4, -0.2) is 44.6 Å². The number of benzene rings is 2. The third-order valence-corrected chi connectivity index (χ3v) is 3.97. The minimum atomic E-state index is -0.311. The molecule has 0 saturated carbocycles. The molecule has 0 spiro atoms. The second-order valence-corrected chi connectivity index (χ2v) is 6.30. The van der Waals surface area contributed by atoms with E-state index in [0.29, 0.717) is 13.2 Å². The SMILES string of the molecule is COc1cc(CNCCNC[C@@H](C)O)ccc1OCCc1ccccc1. The molecule has 0 aliphatic rings. The molecule has 0 saturated heterocycles. The Hall–Kier alpha value is -2.08. The molecule has 0 unspecified atom stereocenters. The van der Waals surface area contributed by atoms with Crippen molar-refractivity contribution in [1.29, 1.82) is 0 Å². The lowest BCUT2D eigenvalue weighted by Gasteiger charge is -2.13. The van der Waals surface area contributed by atoms with Crippen LogP contribution >= 0.6 is 0 Å². The average molecular weight is 358 g/mol. The highest BCUT2D eigenvalue weighted by Crippen LogP contribution is 2.28. The van der Waals surface area contributed by atoms with Gasteiger partial charge in [-0.15, -0.1) is 0 Å². The molecule has 5 nitrogen and oxygen atoms in total. The van der Waals surface area contributed by atoms with Crippen LogP contribution in [0.15, 0.2) is 48.5 Å². The summed E-state index contributed by atoms with van der Waals surface area (Å²) in [5.74, 6) is 1.52. The first-order valence-corrected chi connectivity index (χ1v) is 9.12. The van der Waals surface area contributed by atoms with Crippen molar-refractivity contribution < 1.29 is 14.6 Å². The van der Waals surface area contributed by atoms with Gasteiger partial charge in [0.05, 0.1) is 19.8 Å². The van der Waals surface area contributed by atoms with Crippen LogP contribution in [0.25, 0.3) is 0 Å². The van der Waals surface area contributed by atoms with E-state index in [1.807, 2.05) is 30.3 Å². The van der Waals surface area contributed by atoms with E-state index in [0.717, 1.165) is 43.1 Å². The highest BCUT2D eigenvalue weighted by Gasteiger charge is 2.06. The monoisotopic (exact) mass is 358 g/mol. The van der Waals surface area contributed by atoms with Crippen molar-refractivity contribution in [1.82, 2.24) is 10.6 Å². The number of nitrogens with one attached hydrogen (secondary N) is 2. The topological polar surface area (TPSA) is 62.8 Å². The Bertz CT molecular complexity index is 632. The molecule has 26 heavy (non-hydrogen) atoms. The smallest absolute Gasteiger partial charge is 0.161 e. The second kappa shape index (κ2) is 11.5. The van der Waals surface area contributed by atoms with Crippen molar-refractivity contribution in [2.45, 2.75) is 26.0 Å². The largest absolute Gasteiger partial charge is 0.493 e. The summed E-state index contributed by atoms with van der Waals surface area (Å²) in [4.78, 5) is 0. The lowest BCUT2D eigenvalue weighted by atomic mass is 10.1. The van der Waals surface area contributed by atoms with Crippen molar-refractivity contribution in [2.24, 2.45) is 0 Å². The molecule has 0 aliphatic heterocycles. The van der Waals surface area contributed by atoms with Crippen LogP contribution in [0.5, 0.6) is 11.5 Å². The van der Waals surface area contributed by atoms with Crippen molar-refractivity contribution in [2.75, 3.05) is 33.4 Å². The molecular weight excluding hydrogens is 328 g/mol. The van der Waals surface area contributed by atoms with Gasteiger partial charge in [-0.3, -0.25) is 0 Å². The van der Waals surface area contributed by atoms with Gasteiger partial charge in [0.25, 0.3) is 0 Å². The van der Waals surface area contributed by atoms with Crippen LogP contribution in [0.3, 0.4) is 0 Å². The van der Waals surface area contributed by atoms with Gasteiger partial charge in [0, 0.05) is 32.6 Å². The Kier molecular flexibility index (Phi) is 8.96. The fourth-order valence-electron chi connectivity index (χ4n) is 2.59. The van der Waals surface area contributed by atoms with E-state index in [2.05, 4.69) is 28.8 Å². The normalized spacial score (nSPS) is 12.0. The molecular formula is C21H30N2O3. The molecule has 2 aromatic rings. The summed E-state index contributed by atoms with van der Waals surface area (Å²) in [5.41, 5.74) is 2.41. The number of aliphatic hydroxyl groups is 1. The van der Waals surface area contributed by atoms with Gasteiger partial charge in [-0.1, -0.05) is 36.4 Å². The maximum absolute atomic E-state index is 9.19. The van der Waals surface area contributed by atoms with Gasteiger partial charge in [0.2, 0.25) is 0 Å². The molecule has 5 heteroatoms. The molecule has 0 bridgehead atoms. The van der Waals surface area contributed by atoms with E-state index in [1.54, 1.807) is 14.0 Å². The minimum Gasteiger partial charge on any atom is -0.493 e.